The zero-order valence-electron chi connectivity index (χ0n) is 12.6. The zero-order valence-corrected chi connectivity index (χ0v) is 13.4. The summed E-state index contributed by atoms with van der Waals surface area (Å²) in [6, 6.07) is -0.698. The van der Waals surface area contributed by atoms with Crippen LogP contribution < -0.4 is 16.0 Å². The normalized spacial score (nSPS) is 17.9. The van der Waals surface area contributed by atoms with Crippen LogP contribution in [0.3, 0.4) is 0 Å². The molecule has 0 aromatic rings. The first-order valence-corrected chi connectivity index (χ1v) is 7.05. The van der Waals surface area contributed by atoms with E-state index in [4.69, 9.17) is 0 Å². The van der Waals surface area contributed by atoms with E-state index in [0.717, 1.165) is 39.0 Å². The van der Waals surface area contributed by atoms with Gasteiger partial charge in [0.05, 0.1) is 6.04 Å². The third kappa shape index (κ3) is 6.07. The number of hydrogen-bond acceptors (Lipinski definition) is 4. The molecule has 0 saturated carbocycles. The van der Waals surface area contributed by atoms with Gasteiger partial charge in [-0.15, -0.1) is 12.4 Å². The summed E-state index contributed by atoms with van der Waals surface area (Å²) < 4.78 is 0. The van der Waals surface area contributed by atoms with E-state index >= 15 is 0 Å². The molecule has 0 spiro atoms. The zero-order chi connectivity index (χ0) is 14.3. The van der Waals surface area contributed by atoms with E-state index in [9.17, 15) is 9.59 Å². The van der Waals surface area contributed by atoms with Crippen molar-refractivity contribution in [3.63, 3.8) is 0 Å². The molecule has 0 aromatic heterocycles. The lowest BCUT2D eigenvalue weighted by molar-refractivity contribution is -0.125. The summed E-state index contributed by atoms with van der Waals surface area (Å²) >= 11 is 0. The van der Waals surface area contributed by atoms with Gasteiger partial charge in [-0.05, 0) is 51.9 Å². The highest BCUT2D eigenvalue weighted by Crippen LogP contribution is 2.18. The number of carbonyl (C=O) groups is 2. The Morgan fingerprint density at radius 1 is 1.30 bits per heavy atom. The maximum atomic E-state index is 11.8. The van der Waals surface area contributed by atoms with Gasteiger partial charge in [0, 0.05) is 7.05 Å². The number of halogens is 1. The quantitative estimate of drug-likeness (QED) is 0.694. The van der Waals surface area contributed by atoms with Crippen LogP contribution in [0.15, 0.2) is 0 Å². The molecule has 20 heavy (non-hydrogen) atoms. The lowest BCUT2D eigenvalue weighted by Gasteiger charge is -2.35. The van der Waals surface area contributed by atoms with E-state index in [0.29, 0.717) is 5.92 Å². The predicted molar refractivity (Wildman–Crippen MR) is 82.1 cm³/mol. The molecule has 1 unspecified atom stereocenters. The first-order chi connectivity index (χ1) is 9.08. The lowest BCUT2D eigenvalue weighted by Crippen LogP contribution is -2.51. The van der Waals surface area contributed by atoms with E-state index in [2.05, 4.69) is 27.8 Å². The Bertz CT molecular complexity index is 307. The number of nitrogens with zero attached hydrogens (tertiary/aromatic N) is 1. The van der Waals surface area contributed by atoms with Crippen molar-refractivity contribution < 1.29 is 9.59 Å². The van der Waals surface area contributed by atoms with Crippen LogP contribution >= 0.6 is 12.4 Å². The van der Waals surface area contributed by atoms with E-state index in [1.54, 1.807) is 0 Å². The molecule has 1 fully saturated rings. The van der Waals surface area contributed by atoms with Gasteiger partial charge in [-0.25, -0.2) is 4.79 Å². The highest BCUT2D eigenvalue weighted by Gasteiger charge is 2.26. The SMILES string of the molecule is CCNCC1CCN(C(C)C(=O)NC(=O)NC)CC1.Cl. The van der Waals surface area contributed by atoms with Crippen LogP contribution in [0.2, 0.25) is 0 Å². The Kier molecular flexibility index (Phi) is 9.54. The molecule has 0 aromatic carbocycles. The fourth-order valence-corrected chi connectivity index (χ4v) is 2.34. The summed E-state index contributed by atoms with van der Waals surface area (Å²) in [6.07, 6.45) is 2.20. The molecule has 1 saturated heterocycles. The number of piperidine rings is 1. The Labute approximate surface area is 127 Å². The Balaban J connectivity index is 0.00000361. The standard InChI is InChI=1S/C13H26N4O2.ClH/c1-4-15-9-11-5-7-17(8-6-11)10(2)12(18)16-13(19)14-3;/h10-11,15H,4-9H2,1-3H3,(H2,14,16,18,19);1H. The van der Waals surface area contributed by atoms with Crippen LogP contribution in [-0.2, 0) is 4.79 Å². The number of urea groups is 1. The van der Waals surface area contributed by atoms with Crippen molar-refractivity contribution in [1.82, 2.24) is 20.9 Å². The maximum Gasteiger partial charge on any atom is 0.321 e. The minimum absolute atomic E-state index is 0. The highest BCUT2D eigenvalue weighted by atomic mass is 35.5. The van der Waals surface area contributed by atoms with Crippen molar-refractivity contribution in [3.05, 3.63) is 0 Å². The van der Waals surface area contributed by atoms with Gasteiger partial charge in [0.15, 0.2) is 0 Å². The first-order valence-electron chi connectivity index (χ1n) is 7.05. The third-order valence-electron chi connectivity index (χ3n) is 3.72. The van der Waals surface area contributed by atoms with Crippen molar-refractivity contribution in [2.24, 2.45) is 5.92 Å². The number of nitrogens with one attached hydrogen (secondary N) is 3. The number of likely N-dealkylation sites (tertiary alicyclic amines) is 1. The fraction of sp³-hybridized carbons (Fsp3) is 0.846. The third-order valence-corrected chi connectivity index (χ3v) is 3.72. The second kappa shape index (κ2) is 9.96. The molecule has 1 heterocycles. The van der Waals surface area contributed by atoms with Crippen LogP contribution in [0, 0.1) is 5.92 Å². The van der Waals surface area contributed by atoms with Gasteiger partial charge in [-0.1, -0.05) is 6.92 Å². The van der Waals surface area contributed by atoms with Crippen molar-refractivity contribution in [2.45, 2.75) is 32.7 Å². The molecule has 118 valence electrons. The topological polar surface area (TPSA) is 73.5 Å². The molecular formula is C13H27ClN4O2. The number of carbonyl (C=O) groups excluding carboxylic acids is 2. The monoisotopic (exact) mass is 306 g/mol. The molecule has 1 atom stereocenters. The number of hydrogen-bond donors (Lipinski definition) is 3. The van der Waals surface area contributed by atoms with E-state index in [-0.39, 0.29) is 24.4 Å². The van der Waals surface area contributed by atoms with Crippen LogP contribution in [0.25, 0.3) is 0 Å². The molecule has 7 heteroatoms. The van der Waals surface area contributed by atoms with Crippen molar-refractivity contribution in [2.75, 3.05) is 33.2 Å². The molecule has 3 N–H and O–H groups in total. The van der Waals surface area contributed by atoms with Gasteiger partial charge in [0.2, 0.25) is 5.91 Å². The van der Waals surface area contributed by atoms with Gasteiger partial charge < -0.3 is 10.6 Å². The highest BCUT2D eigenvalue weighted by molar-refractivity contribution is 5.96. The van der Waals surface area contributed by atoms with Crippen LogP contribution in [0.5, 0.6) is 0 Å². The number of amides is 3. The molecule has 0 bridgehead atoms. The largest absolute Gasteiger partial charge is 0.341 e. The van der Waals surface area contributed by atoms with Crippen molar-refractivity contribution in [3.8, 4) is 0 Å². The minimum Gasteiger partial charge on any atom is -0.341 e. The lowest BCUT2D eigenvalue weighted by atomic mass is 9.95. The predicted octanol–water partition coefficient (Wildman–Crippen LogP) is 0.574. The second-order valence-corrected chi connectivity index (χ2v) is 5.03. The molecule has 1 rings (SSSR count). The van der Waals surface area contributed by atoms with Crippen molar-refractivity contribution >= 4 is 24.3 Å². The fourth-order valence-electron chi connectivity index (χ4n) is 2.34. The summed E-state index contributed by atoms with van der Waals surface area (Å²) in [4.78, 5) is 25.1. The van der Waals surface area contributed by atoms with Gasteiger partial charge in [0.1, 0.15) is 0 Å². The van der Waals surface area contributed by atoms with E-state index < -0.39 is 6.03 Å². The first kappa shape index (κ1) is 19.1. The smallest absolute Gasteiger partial charge is 0.321 e. The van der Waals surface area contributed by atoms with Gasteiger partial charge in [0.25, 0.3) is 0 Å². The van der Waals surface area contributed by atoms with Crippen molar-refractivity contribution in [1.29, 1.82) is 0 Å². The molecule has 1 aliphatic rings. The van der Waals surface area contributed by atoms with E-state index in [1.165, 1.54) is 7.05 Å². The summed E-state index contributed by atoms with van der Waals surface area (Å²) in [5, 5.41) is 8.08. The molecule has 3 amide bonds. The van der Waals surface area contributed by atoms with Crippen LogP contribution in [-0.4, -0.2) is 56.1 Å². The average Bonchev–Trinajstić information content (AvgIpc) is 2.44. The van der Waals surface area contributed by atoms with Crippen LogP contribution in [0.4, 0.5) is 4.79 Å². The summed E-state index contributed by atoms with van der Waals surface area (Å²) in [5.74, 6) is 0.467. The van der Waals surface area contributed by atoms with Gasteiger partial charge >= 0.3 is 6.03 Å². The summed E-state index contributed by atoms with van der Waals surface area (Å²) in [5.41, 5.74) is 0. The van der Waals surface area contributed by atoms with Gasteiger partial charge in [-0.3, -0.25) is 15.0 Å². The molecule has 1 aliphatic heterocycles. The Morgan fingerprint density at radius 3 is 2.40 bits per heavy atom. The van der Waals surface area contributed by atoms with E-state index in [1.807, 2.05) is 6.92 Å². The second-order valence-electron chi connectivity index (χ2n) is 5.03. The Morgan fingerprint density at radius 2 is 1.90 bits per heavy atom. The molecule has 0 radical (unpaired) electrons. The summed E-state index contributed by atoms with van der Waals surface area (Å²) in [7, 11) is 1.50. The molecular weight excluding hydrogens is 280 g/mol. The van der Waals surface area contributed by atoms with Gasteiger partial charge in [-0.2, -0.15) is 0 Å². The molecule has 0 aliphatic carbocycles. The maximum absolute atomic E-state index is 11.8. The summed E-state index contributed by atoms with van der Waals surface area (Å²) in [6.45, 7) is 7.86. The minimum atomic E-state index is -0.445. The number of rotatable bonds is 5. The van der Waals surface area contributed by atoms with Crippen LogP contribution in [0.1, 0.15) is 26.7 Å². The average molecular weight is 307 g/mol. The Hall–Kier alpha value is -0.850. The molecule has 6 nitrogen and oxygen atoms in total. The number of imide groups is 1.